The Hall–Kier alpha value is -0.890. The van der Waals surface area contributed by atoms with Crippen molar-refractivity contribution in [1.29, 1.82) is 0 Å². The van der Waals surface area contributed by atoms with E-state index in [4.69, 9.17) is 0 Å². The maximum absolute atomic E-state index is 9.29. The number of aliphatic hydroxyl groups excluding tert-OH is 1. The lowest BCUT2D eigenvalue weighted by Gasteiger charge is -2.05. The van der Waals surface area contributed by atoms with Gasteiger partial charge in [-0.25, -0.2) is 0 Å². The summed E-state index contributed by atoms with van der Waals surface area (Å²) in [6, 6.07) is 4.02. The molecule has 12 heavy (non-hydrogen) atoms. The van der Waals surface area contributed by atoms with E-state index in [2.05, 4.69) is 11.1 Å². The largest absolute Gasteiger partial charge is 0.387 e. The van der Waals surface area contributed by atoms with E-state index in [1.165, 1.54) is 17.7 Å². The maximum atomic E-state index is 9.29. The Bertz CT molecular complexity index is 294. The highest BCUT2D eigenvalue weighted by Crippen LogP contribution is 2.21. The van der Waals surface area contributed by atoms with Gasteiger partial charge in [0.1, 0.15) is 0 Å². The van der Waals surface area contributed by atoms with E-state index in [9.17, 15) is 5.11 Å². The summed E-state index contributed by atoms with van der Waals surface area (Å²) in [7, 11) is 0. The van der Waals surface area contributed by atoms with Crippen LogP contribution in [0.5, 0.6) is 0 Å². The summed E-state index contributed by atoms with van der Waals surface area (Å²) in [4.78, 5) is 4.40. The molecular formula is C10H13NO. The maximum Gasteiger partial charge on any atom is 0.0931 e. The van der Waals surface area contributed by atoms with Crippen molar-refractivity contribution >= 4 is 0 Å². The van der Waals surface area contributed by atoms with Gasteiger partial charge in [0, 0.05) is 5.69 Å². The van der Waals surface area contributed by atoms with E-state index < -0.39 is 6.10 Å². The van der Waals surface area contributed by atoms with E-state index in [1.807, 2.05) is 6.07 Å². The third-order valence-electron chi connectivity index (χ3n) is 2.38. The van der Waals surface area contributed by atoms with E-state index in [0.29, 0.717) is 0 Å². The lowest BCUT2D eigenvalue weighted by atomic mass is 10.2. The molecule has 1 aromatic rings. The Labute approximate surface area is 72.3 Å². The summed E-state index contributed by atoms with van der Waals surface area (Å²) >= 11 is 0. The van der Waals surface area contributed by atoms with E-state index in [1.54, 1.807) is 6.92 Å². The quantitative estimate of drug-likeness (QED) is 0.682. The minimum atomic E-state index is -0.434. The molecular weight excluding hydrogens is 150 g/mol. The van der Waals surface area contributed by atoms with Gasteiger partial charge >= 0.3 is 0 Å². The average Bonchev–Trinajstić information content (AvgIpc) is 2.49. The summed E-state index contributed by atoms with van der Waals surface area (Å²) in [5, 5.41) is 9.29. The van der Waals surface area contributed by atoms with Gasteiger partial charge in [0.15, 0.2) is 0 Å². The Morgan fingerprint density at radius 2 is 2.25 bits per heavy atom. The molecule has 1 heterocycles. The fourth-order valence-corrected chi connectivity index (χ4v) is 1.67. The third kappa shape index (κ3) is 1.23. The highest BCUT2D eigenvalue weighted by molar-refractivity contribution is 5.27. The molecule has 1 unspecified atom stereocenters. The van der Waals surface area contributed by atoms with Crippen molar-refractivity contribution in [2.24, 2.45) is 0 Å². The van der Waals surface area contributed by atoms with Crippen LogP contribution in [0.2, 0.25) is 0 Å². The molecule has 0 aliphatic heterocycles. The number of aromatic nitrogens is 1. The normalized spacial score (nSPS) is 17.5. The number of aliphatic hydroxyl groups is 1. The van der Waals surface area contributed by atoms with Gasteiger partial charge in [0.2, 0.25) is 0 Å². The van der Waals surface area contributed by atoms with Crippen LogP contribution in [0.15, 0.2) is 12.1 Å². The summed E-state index contributed by atoms with van der Waals surface area (Å²) in [5.74, 6) is 0. The van der Waals surface area contributed by atoms with Crippen LogP contribution < -0.4 is 0 Å². The molecule has 0 bridgehead atoms. The molecule has 0 saturated carbocycles. The SMILES string of the molecule is CC(O)c1ccc2c(n1)CCC2. The Kier molecular flexibility index (Phi) is 1.85. The summed E-state index contributed by atoms with van der Waals surface area (Å²) < 4.78 is 0. The zero-order valence-corrected chi connectivity index (χ0v) is 7.25. The fourth-order valence-electron chi connectivity index (χ4n) is 1.67. The number of nitrogens with zero attached hydrogens (tertiary/aromatic N) is 1. The second-order valence-corrected chi connectivity index (χ2v) is 3.37. The molecule has 1 N–H and O–H groups in total. The molecule has 64 valence electrons. The van der Waals surface area contributed by atoms with Crippen LogP contribution in [-0.4, -0.2) is 10.1 Å². The van der Waals surface area contributed by atoms with Crippen LogP contribution >= 0.6 is 0 Å². The number of hydrogen-bond donors (Lipinski definition) is 1. The smallest absolute Gasteiger partial charge is 0.0931 e. The first kappa shape index (κ1) is 7.74. The van der Waals surface area contributed by atoms with E-state index in [-0.39, 0.29) is 0 Å². The molecule has 0 amide bonds. The Morgan fingerprint density at radius 3 is 3.00 bits per heavy atom. The molecule has 1 aliphatic rings. The first-order chi connectivity index (χ1) is 5.77. The lowest BCUT2D eigenvalue weighted by molar-refractivity contribution is 0.194. The molecule has 1 aliphatic carbocycles. The van der Waals surface area contributed by atoms with Gasteiger partial charge in [0.25, 0.3) is 0 Å². The lowest BCUT2D eigenvalue weighted by Crippen LogP contribution is -1.98. The van der Waals surface area contributed by atoms with Gasteiger partial charge in [-0.2, -0.15) is 0 Å². The summed E-state index contributed by atoms with van der Waals surface area (Å²) in [6.07, 6.45) is 3.01. The molecule has 0 fully saturated rings. The predicted molar refractivity (Wildman–Crippen MR) is 46.9 cm³/mol. The van der Waals surface area contributed by atoms with Crippen LogP contribution in [0, 0.1) is 0 Å². The number of aryl methyl sites for hydroxylation is 2. The molecule has 0 radical (unpaired) electrons. The standard InChI is InChI=1S/C10H13NO/c1-7(12)9-6-5-8-3-2-4-10(8)11-9/h5-7,12H,2-4H2,1H3. The third-order valence-corrected chi connectivity index (χ3v) is 2.38. The molecule has 2 heteroatoms. The van der Waals surface area contributed by atoms with Crippen molar-refractivity contribution < 1.29 is 5.11 Å². The number of rotatable bonds is 1. The van der Waals surface area contributed by atoms with Gasteiger partial charge in [-0.15, -0.1) is 0 Å². The second-order valence-electron chi connectivity index (χ2n) is 3.37. The highest BCUT2D eigenvalue weighted by atomic mass is 16.3. The topological polar surface area (TPSA) is 33.1 Å². The Morgan fingerprint density at radius 1 is 1.42 bits per heavy atom. The summed E-state index contributed by atoms with van der Waals surface area (Å²) in [5.41, 5.74) is 3.35. The first-order valence-electron chi connectivity index (χ1n) is 4.44. The van der Waals surface area contributed by atoms with Gasteiger partial charge in [-0.05, 0) is 37.8 Å². The van der Waals surface area contributed by atoms with Crippen molar-refractivity contribution in [3.63, 3.8) is 0 Å². The van der Waals surface area contributed by atoms with Crippen LogP contribution in [0.1, 0.15) is 36.4 Å². The van der Waals surface area contributed by atoms with E-state index in [0.717, 1.165) is 18.5 Å². The average molecular weight is 163 g/mol. The molecule has 2 rings (SSSR count). The molecule has 0 spiro atoms. The Balaban J connectivity index is 2.39. The van der Waals surface area contributed by atoms with Crippen molar-refractivity contribution in [1.82, 2.24) is 4.98 Å². The minimum Gasteiger partial charge on any atom is -0.387 e. The molecule has 2 nitrogen and oxygen atoms in total. The zero-order chi connectivity index (χ0) is 8.55. The van der Waals surface area contributed by atoms with Gasteiger partial charge < -0.3 is 5.11 Å². The second kappa shape index (κ2) is 2.87. The number of hydrogen-bond acceptors (Lipinski definition) is 2. The first-order valence-corrected chi connectivity index (χ1v) is 4.44. The minimum absolute atomic E-state index is 0.434. The number of fused-ring (bicyclic) bond motifs is 1. The van der Waals surface area contributed by atoms with Gasteiger partial charge in [-0.1, -0.05) is 6.07 Å². The fraction of sp³-hybridized carbons (Fsp3) is 0.500. The highest BCUT2D eigenvalue weighted by Gasteiger charge is 2.13. The van der Waals surface area contributed by atoms with Crippen molar-refractivity contribution in [3.8, 4) is 0 Å². The molecule has 0 saturated heterocycles. The predicted octanol–water partition coefficient (Wildman–Crippen LogP) is 1.62. The van der Waals surface area contributed by atoms with Crippen molar-refractivity contribution in [3.05, 3.63) is 29.1 Å². The van der Waals surface area contributed by atoms with Crippen LogP contribution in [-0.2, 0) is 12.8 Å². The van der Waals surface area contributed by atoms with Gasteiger partial charge in [-0.3, -0.25) is 4.98 Å². The summed E-state index contributed by atoms with van der Waals surface area (Å²) in [6.45, 7) is 1.75. The monoisotopic (exact) mass is 163 g/mol. The van der Waals surface area contributed by atoms with Crippen molar-refractivity contribution in [2.75, 3.05) is 0 Å². The van der Waals surface area contributed by atoms with Gasteiger partial charge in [0.05, 0.1) is 11.8 Å². The molecule has 1 atom stereocenters. The van der Waals surface area contributed by atoms with Crippen LogP contribution in [0.25, 0.3) is 0 Å². The zero-order valence-electron chi connectivity index (χ0n) is 7.25. The van der Waals surface area contributed by atoms with Crippen molar-refractivity contribution in [2.45, 2.75) is 32.3 Å². The van der Waals surface area contributed by atoms with Crippen LogP contribution in [0.3, 0.4) is 0 Å². The molecule has 1 aromatic heterocycles. The molecule has 0 aromatic carbocycles. The van der Waals surface area contributed by atoms with Crippen LogP contribution in [0.4, 0.5) is 0 Å². The van der Waals surface area contributed by atoms with E-state index >= 15 is 0 Å². The number of pyridine rings is 1.